The van der Waals surface area contributed by atoms with E-state index in [2.05, 4.69) is 0 Å². The molecule has 102 valence electrons. The summed E-state index contributed by atoms with van der Waals surface area (Å²) in [6.07, 6.45) is 5.08. The molecule has 0 aromatic carbocycles. The van der Waals surface area contributed by atoms with Gasteiger partial charge in [-0.1, -0.05) is 6.42 Å². The van der Waals surface area contributed by atoms with Crippen LogP contribution in [-0.2, 0) is 4.79 Å². The lowest BCUT2D eigenvalue weighted by atomic mass is 9.95. The number of hydrogen-bond donors (Lipinski definition) is 2. The molecule has 5 unspecified atom stereocenters. The molecule has 1 aliphatic heterocycles. The maximum atomic E-state index is 12.5. The molecular formula is C14H24N2O2. The van der Waals surface area contributed by atoms with Gasteiger partial charge in [0, 0.05) is 24.9 Å². The predicted molar refractivity (Wildman–Crippen MR) is 68.7 cm³/mol. The molecule has 3 aliphatic rings. The zero-order chi connectivity index (χ0) is 12.7. The SMILES string of the molecule is NCC1CCCC1C(=O)N1CC2CCC(O)C2C1. The van der Waals surface area contributed by atoms with Gasteiger partial charge in [0.05, 0.1) is 6.10 Å². The number of rotatable bonds is 2. The van der Waals surface area contributed by atoms with Crippen molar-refractivity contribution in [2.75, 3.05) is 19.6 Å². The van der Waals surface area contributed by atoms with E-state index < -0.39 is 0 Å². The van der Waals surface area contributed by atoms with Gasteiger partial charge in [0.2, 0.25) is 5.91 Å². The lowest BCUT2D eigenvalue weighted by molar-refractivity contribution is -0.136. The third kappa shape index (κ3) is 1.95. The van der Waals surface area contributed by atoms with Crippen molar-refractivity contribution in [1.82, 2.24) is 4.90 Å². The Bertz CT molecular complexity index is 334. The van der Waals surface area contributed by atoms with Crippen LogP contribution in [0.1, 0.15) is 32.1 Å². The Morgan fingerprint density at radius 1 is 1.22 bits per heavy atom. The van der Waals surface area contributed by atoms with E-state index in [1.807, 2.05) is 4.90 Å². The number of likely N-dealkylation sites (tertiary alicyclic amines) is 1. The van der Waals surface area contributed by atoms with Gasteiger partial charge in [-0.15, -0.1) is 0 Å². The second kappa shape index (κ2) is 4.82. The summed E-state index contributed by atoms with van der Waals surface area (Å²) in [6, 6.07) is 0. The van der Waals surface area contributed by atoms with Gasteiger partial charge in [-0.3, -0.25) is 4.79 Å². The molecule has 1 saturated heterocycles. The first-order valence-corrected chi connectivity index (χ1v) is 7.37. The van der Waals surface area contributed by atoms with Crippen LogP contribution in [0.5, 0.6) is 0 Å². The van der Waals surface area contributed by atoms with Gasteiger partial charge in [0.15, 0.2) is 0 Å². The Balaban J connectivity index is 1.64. The van der Waals surface area contributed by atoms with Crippen LogP contribution in [0.3, 0.4) is 0 Å². The van der Waals surface area contributed by atoms with Crippen LogP contribution in [0, 0.1) is 23.7 Å². The molecule has 1 amide bonds. The molecule has 0 bridgehead atoms. The molecule has 1 heterocycles. The highest BCUT2D eigenvalue weighted by atomic mass is 16.3. The van der Waals surface area contributed by atoms with Crippen LogP contribution in [0.4, 0.5) is 0 Å². The molecule has 0 aromatic heterocycles. The first kappa shape index (κ1) is 12.4. The minimum Gasteiger partial charge on any atom is -0.393 e. The van der Waals surface area contributed by atoms with Gasteiger partial charge in [0.25, 0.3) is 0 Å². The summed E-state index contributed by atoms with van der Waals surface area (Å²) in [6.45, 7) is 2.28. The standard InChI is InChI=1S/C14H24N2O2/c15-6-9-2-1-3-11(9)14(18)16-7-10-4-5-13(17)12(10)8-16/h9-13,17H,1-8,15H2. The highest BCUT2D eigenvalue weighted by Crippen LogP contribution is 2.40. The number of aliphatic hydroxyl groups is 1. The first-order chi connectivity index (χ1) is 8.70. The number of aliphatic hydroxyl groups excluding tert-OH is 1. The average Bonchev–Trinajstić information content (AvgIpc) is 3.05. The van der Waals surface area contributed by atoms with Crippen LogP contribution in [-0.4, -0.2) is 41.7 Å². The van der Waals surface area contributed by atoms with Gasteiger partial charge in [-0.2, -0.15) is 0 Å². The molecule has 0 aromatic rings. The second-order valence-electron chi connectivity index (χ2n) is 6.35. The number of carbonyl (C=O) groups is 1. The zero-order valence-electron chi connectivity index (χ0n) is 10.9. The molecule has 3 fully saturated rings. The van der Waals surface area contributed by atoms with E-state index in [4.69, 9.17) is 5.73 Å². The highest BCUT2D eigenvalue weighted by molar-refractivity contribution is 5.79. The monoisotopic (exact) mass is 252 g/mol. The fourth-order valence-electron chi connectivity index (χ4n) is 4.30. The quantitative estimate of drug-likeness (QED) is 0.756. The van der Waals surface area contributed by atoms with E-state index in [1.54, 1.807) is 0 Å². The van der Waals surface area contributed by atoms with E-state index in [1.165, 1.54) is 0 Å². The Labute approximate surface area is 109 Å². The van der Waals surface area contributed by atoms with Crippen molar-refractivity contribution in [3.63, 3.8) is 0 Å². The van der Waals surface area contributed by atoms with Crippen molar-refractivity contribution in [2.45, 2.75) is 38.2 Å². The van der Waals surface area contributed by atoms with Crippen LogP contribution >= 0.6 is 0 Å². The van der Waals surface area contributed by atoms with Crippen molar-refractivity contribution in [1.29, 1.82) is 0 Å². The number of amides is 1. The van der Waals surface area contributed by atoms with Crippen LogP contribution < -0.4 is 5.73 Å². The summed E-state index contributed by atoms with van der Waals surface area (Å²) in [5.74, 6) is 1.74. The smallest absolute Gasteiger partial charge is 0.226 e. The zero-order valence-corrected chi connectivity index (χ0v) is 10.9. The van der Waals surface area contributed by atoms with Crippen molar-refractivity contribution in [3.05, 3.63) is 0 Å². The topological polar surface area (TPSA) is 66.6 Å². The molecule has 0 radical (unpaired) electrons. The van der Waals surface area contributed by atoms with Gasteiger partial charge in [0.1, 0.15) is 0 Å². The predicted octanol–water partition coefficient (Wildman–Crippen LogP) is 0.591. The minimum absolute atomic E-state index is 0.158. The van der Waals surface area contributed by atoms with Crippen LogP contribution in [0.15, 0.2) is 0 Å². The van der Waals surface area contributed by atoms with Gasteiger partial charge < -0.3 is 15.7 Å². The normalized spacial score (nSPS) is 43.4. The number of carbonyl (C=O) groups excluding carboxylic acids is 1. The average molecular weight is 252 g/mol. The third-order valence-corrected chi connectivity index (χ3v) is 5.41. The van der Waals surface area contributed by atoms with E-state index in [-0.39, 0.29) is 12.0 Å². The summed E-state index contributed by atoms with van der Waals surface area (Å²) >= 11 is 0. The molecule has 4 nitrogen and oxygen atoms in total. The summed E-state index contributed by atoms with van der Waals surface area (Å²) in [5.41, 5.74) is 5.76. The number of nitrogens with two attached hydrogens (primary N) is 1. The molecule has 5 atom stereocenters. The fourth-order valence-corrected chi connectivity index (χ4v) is 4.30. The summed E-state index contributed by atoms with van der Waals surface area (Å²) in [5, 5.41) is 9.90. The van der Waals surface area contributed by atoms with E-state index >= 15 is 0 Å². The van der Waals surface area contributed by atoms with Crippen LogP contribution in [0.25, 0.3) is 0 Å². The van der Waals surface area contributed by atoms with E-state index in [9.17, 15) is 9.90 Å². The maximum absolute atomic E-state index is 12.5. The molecule has 3 N–H and O–H groups in total. The van der Waals surface area contributed by atoms with Crippen molar-refractivity contribution in [2.24, 2.45) is 29.4 Å². The van der Waals surface area contributed by atoms with Gasteiger partial charge in [-0.05, 0) is 44.1 Å². The van der Waals surface area contributed by atoms with Crippen molar-refractivity contribution < 1.29 is 9.90 Å². The molecule has 3 rings (SSSR count). The van der Waals surface area contributed by atoms with Crippen LogP contribution in [0.2, 0.25) is 0 Å². The molecular weight excluding hydrogens is 228 g/mol. The lowest BCUT2D eigenvalue weighted by Gasteiger charge is -2.25. The highest BCUT2D eigenvalue weighted by Gasteiger charge is 2.45. The summed E-state index contributed by atoms with van der Waals surface area (Å²) in [4.78, 5) is 14.6. The number of fused-ring (bicyclic) bond motifs is 1. The molecule has 4 heteroatoms. The Kier molecular flexibility index (Phi) is 3.32. The lowest BCUT2D eigenvalue weighted by Crippen LogP contribution is -2.38. The minimum atomic E-state index is -0.179. The second-order valence-corrected chi connectivity index (χ2v) is 6.35. The maximum Gasteiger partial charge on any atom is 0.226 e. The third-order valence-electron chi connectivity index (χ3n) is 5.41. The molecule has 2 saturated carbocycles. The molecule has 0 spiro atoms. The Hall–Kier alpha value is -0.610. The summed E-state index contributed by atoms with van der Waals surface area (Å²) in [7, 11) is 0. The molecule has 18 heavy (non-hydrogen) atoms. The van der Waals surface area contributed by atoms with Gasteiger partial charge in [-0.25, -0.2) is 0 Å². The van der Waals surface area contributed by atoms with Crippen molar-refractivity contribution >= 4 is 5.91 Å². The van der Waals surface area contributed by atoms with Crippen molar-refractivity contribution in [3.8, 4) is 0 Å². The first-order valence-electron chi connectivity index (χ1n) is 7.37. The Morgan fingerprint density at radius 3 is 2.78 bits per heavy atom. The van der Waals surface area contributed by atoms with E-state index in [0.717, 1.165) is 45.2 Å². The number of hydrogen-bond acceptors (Lipinski definition) is 3. The fraction of sp³-hybridized carbons (Fsp3) is 0.929. The Morgan fingerprint density at radius 2 is 2.06 bits per heavy atom. The largest absolute Gasteiger partial charge is 0.393 e. The number of nitrogens with zero attached hydrogens (tertiary/aromatic N) is 1. The molecule has 2 aliphatic carbocycles. The van der Waals surface area contributed by atoms with E-state index in [0.29, 0.717) is 30.2 Å². The summed E-state index contributed by atoms with van der Waals surface area (Å²) < 4.78 is 0. The van der Waals surface area contributed by atoms with Gasteiger partial charge >= 0.3 is 0 Å².